The van der Waals surface area contributed by atoms with Gasteiger partial charge in [-0.1, -0.05) is 12.1 Å². The van der Waals surface area contributed by atoms with Crippen LogP contribution in [0.5, 0.6) is 0 Å². The minimum absolute atomic E-state index is 0.370. The van der Waals surface area contributed by atoms with Gasteiger partial charge in [-0.25, -0.2) is 0 Å². The summed E-state index contributed by atoms with van der Waals surface area (Å²) in [4.78, 5) is 0. The maximum Gasteiger partial charge on any atom is 0.0747 e. The number of methoxy groups -OCH3 is 1. The van der Waals surface area contributed by atoms with Gasteiger partial charge in [-0.05, 0) is 37.0 Å². The second-order valence-corrected chi connectivity index (χ2v) is 4.50. The minimum atomic E-state index is 0.370. The lowest BCUT2D eigenvalue weighted by atomic mass is 10.1. The number of benzene rings is 1. The molecule has 3 heteroatoms. The molecule has 0 aliphatic carbocycles. The molecule has 1 unspecified atom stereocenters. The fourth-order valence-corrected chi connectivity index (χ4v) is 2.14. The highest BCUT2D eigenvalue weighted by molar-refractivity contribution is 5.45. The van der Waals surface area contributed by atoms with E-state index in [0.29, 0.717) is 12.7 Å². The number of anilines is 1. The number of rotatable bonds is 5. The molecule has 0 saturated carbocycles. The van der Waals surface area contributed by atoms with Crippen LogP contribution < -0.4 is 5.32 Å². The molecular formula is C14H21NO2. The van der Waals surface area contributed by atoms with Crippen molar-refractivity contribution in [3.63, 3.8) is 0 Å². The Labute approximate surface area is 103 Å². The van der Waals surface area contributed by atoms with E-state index in [1.807, 2.05) is 0 Å². The predicted molar refractivity (Wildman–Crippen MR) is 69.2 cm³/mol. The highest BCUT2D eigenvalue weighted by Crippen LogP contribution is 2.15. The topological polar surface area (TPSA) is 30.5 Å². The van der Waals surface area contributed by atoms with Crippen LogP contribution >= 0.6 is 0 Å². The number of hydrogen-bond acceptors (Lipinski definition) is 3. The standard InChI is InChI=1S/C14H21NO2/c1-16-11-12-5-4-6-13(9-12)15-10-14-7-2-3-8-17-14/h4-6,9,14-15H,2-3,7-8,10-11H2,1H3. The number of nitrogens with one attached hydrogen (secondary N) is 1. The molecule has 1 aromatic carbocycles. The molecule has 0 bridgehead atoms. The minimum Gasteiger partial charge on any atom is -0.382 e. The predicted octanol–water partition coefficient (Wildman–Crippen LogP) is 2.81. The molecule has 1 fully saturated rings. The fourth-order valence-electron chi connectivity index (χ4n) is 2.14. The maximum absolute atomic E-state index is 5.69. The molecule has 1 aromatic rings. The monoisotopic (exact) mass is 235 g/mol. The lowest BCUT2D eigenvalue weighted by Crippen LogP contribution is -2.26. The second-order valence-electron chi connectivity index (χ2n) is 4.50. The Balaban J connectivity index is 1.83. The Morgan fingerprint density at radius 1 is 1.41 bits per heavy atom. The van der Waals surface area contributed by atoms with Gasteiger partial charge >= 0.3 is 0 Å². The van der Waals surface area contributed by atoms with E-state index in [1.165, 1.54) is 24.8 Å². The molecule has 0 radical (unpaired) electrons. The summed E-state index contributed by atoms with van der Waals surface area (Å²) < 4.78 is 10.8. The van der Waals surface area contributed by atoms with Crippen LogP contribution in [0.1, 0.15) is 24.8 Å². The molecule has 17 heavy (non-hydrogen) atoms. The molecule has 94 valence electrons. The maximum atomic E-state index is 5.69. The molecule has 0 amide bonds. The summed E-state index contributed by atoms with van der Waals surface area (Å²) in [5.74, 6) is 0. The molecule has 0 aromatic heterocycles. The fraction of sp³-hybridized carbons (Fsp3) is 0.571. The highest BCUT2D eigenvalue weighted by atomic mass is 16.5. The Kier molecular flexibility index (Phi) is 4.83. The molecule has 1 saturated heterocycles. The van der Waals surface area contributed by atoms with E-state index < -0.39 is 0 Å². The van der Waals surface area contributed by atoms with Gasteiger partial charge in [0, 0.05) is 25.9 Å². The normalized spacial score (nSPS) is 20.2. The summed E-state index contributed by atoms with van der Waals surface area (Å²) >= 11 is 0. The van der Waals surface area contributed by atoms with Crippen molar-refractivity contribution in [1.82, 2.24) is 0 Å². The largest absolute Gasteiger partial charge is 0.382 e. The van der Waals surface area contributed by atoms with Crippen molar-refractivity contribution in [2.45, 2.75) is 32.0 Å². The van der Waals surface area contributed by atoms with Gasteiger partial charge in [0.05, 0.1) is 12.7 Å². The molecule has 1 aliphatic heterocycles. The summed E-state index contributed by atoms with van der Waals surface area (Å²) in [5, 5.41) is 3.43. The zero-order chi connectivity index (χ0) is 11.9. The van der Waals surface area contributed by atoms with Crippen molar-refractivity contribution in [1.29, 1.82) is 0 Å². The zero-order valence-electron chi connectivity index (χ0n) is 10.4. The van der Waals surface area contributed by atoms with Crippen molar-refractivity contribution in [2.75, 3.05) is 25.6 Å². The summed E-state index contributed by atoms with van der Waals surface area (Å²) in [6.07, 6.45) is 4.04. The molecule has 0 spiro atoms. The van der Waals surface area contributed by atoms with Crippen molar-refractivity contribution < 1.29 is 9.47 Å². The lowest BCUT2D eigenvalue weighted by Gasteiger charge is -2.23. The van der Waals surface area contributed by atoms with E-state index in [4.69, 9.17) is 9.47 Å². The molecule has 1 N–H and O–H groups in total. The molecule has 1 aliphatic rings. The average Bonchev–Trinajstić information content (AvgIpc) is 2.39. The third kappa shape index (κ3) is 4.02. The quantitative estimate of drug-likeness (QED) is 0.851. The first-order valence-corrected chi connectivity index (χ1v) is 6.32. The zero-order valence-corrected chi connectivity index (χ0v) is 10.4. The average molecular weight is 235 g/mol. The van der Waals surface area contributed by atoms with Crippen LogP contribution in [0.4, 0.5) is 5.69 Å². The Morgan fingerprint density at radius 2 is 2.35 bits per heavy atom. The van der Waals surface area contributed by atoms with Crippen LogP contribution in [0, 0.1) is 0 Å². The van der Waals surface area contributed by atoms with Gasteiger partial charge in [-0.3, -0.25) is 0 Å². The third-order valence-corrected chi connectivity index (χ3v) is 3.05. The van der Waals surface area contributed by atoms with Gasteiger partial charge in [-0.2, -0.15) is 0 Å². The van der Waals surface area contributed by atoms with E-state index >= 15 is 0 Å². The van der Waals surface area contributed by atoms with Gasteiger partial charge in [0.2, 0.25) is 0 Å². The number of ether oxygens (including phenoxy) is 2. The van der Waals surface area contributed by atoms with E-state index in [9.17, 15) is 0 Å². The van der Waals surface area contributed by atoms with Crippen LogP contribution in [0.15, 0.2) is 24.3 Å². The van der Waals surface area contributed by atoms with Gasteiger partial charge in [0.25, 0.3) is 0 Å². The summed E-state index contributed by atoms with van der Waals surface area (Å²) in [5.41, 5.74) is 2.34. The summed E-state index contributed by atoms with van der Waals surface area (Å²) in [6.45, 7) is 2.47. The van der Waals surface area contributed by atoms with Crippen LogP contribution in [-0.4, -0.2) is 26.4 Å². The van der Waals surface area contributed by atoms with E-state index in [0.717, 1.165) is 18.8 Å². The van der Waals surface area contributed by atoms with Crippen molar-refractivity contribution in [3.8, 4) is 0 Å². The van der Waals surface area contributed by atoms with Gasteiger partial charge < -0.3 is 14.8 Å². The van der Waals surface area contributed by atoms with Gasteiger partial charge in [-0.15, -0.1) is 0 Å². The van der Waals surface area contributed by atoms with Crippen molar-refractivity contribution >= 4 is 5.69 Å². The molecular weight excluding hydrogens is 214 g/mol. The van der Waals surface area contributed by atoms with E-state index in [-0.39, 0.29) is 0 Å². The number of hydrogen-bond donors (Lipinski definition) is 1. The first-order valence-electron chi connectivity index (χ1n) is 6.32. The van der Waals surface area contributed by atoms with Gasteiger partial charge in [0.1, 0.15) is 0 Å². The smallest absolute Gasteiger partial charge is 0.0747 e. The Bertz CT molecular complexity index is 335. The van der Waals surface area contributed by atoms with E-state index in [2.05, 4.69) is 29.6 Å². The molecule has 2 rings (SSSR count). The molecule has 1 heterocycles. The summed E-state index contributed by atoms with van der Waals surface area (Å²) in [6, 6.07) is 8.35. The Morgan fingerprint density at radius 3 is 3.12 bits per heavy atom. The first-order chi connectivity index (χ1) is 8.38. The van der Waals surface area contributed by atoms with Gasteiger partial charge in [0.15, 0.2) is 0 Å². The first kappa shape index (κ1) is 12.4. The lowest BCUT2D eigenvalue weighted by molar-refractivity contribution is 0.0247. The third-order valence-electron chi connectivity index (χ3n) is 3.05. The Hall–Kier alpha value is -1.06. The van der Waals surface area contributed by atoms with Crippen molar-refractivity contribution in [2.24, 2.45) is 0 Å². The van der Waals surface area contributed by atoms with Crippen LogP contribution in [0.3, 0.4) is 0 Å². The highest BCUT2D eigenvalue weighted by Gasteiger charge is 2.12. The molecule has 3 nitrogen and oxygen atoms in total. The summed E-state index contributed by atoms with van der Waals surface area (Å²) in [7, 11) is 1.72. The van der Waals surface area contributed by atoms with E-state index in [1.54, 1.807) is 7.11 Å². The molecule has 1 atom stereocenters. The van der Waals surface area contributed by atoms with Crippen molar-refractivity contribution in [3.05, 3.63) is 29.8 Å². The SMILES string of the molecule is COCc1cccc(NCC2CCCCO2)c1. The van der Waals surface area contributed by atoms with Crippen LogP contribution in [0.25, 0.3) is 0 Å². The second kappa shape index (κ2) is 6.62. The van der Waals surface area contributed by atoms with Crippen LogP contribution in [-0.2, 0) is 16.1 Å². The van der Waals surface area contributed by atoms with Crippen LogP contribution in [0.2, 0.25) is 0 Å².